The molecule has 0 aliphatic carbocycles. The Morgan fingerprint density at radius 3 is 2.52 bits per heavy atom. The molecule has 25 heavy (non-hydrogen) atoms. The molecule has 1 aromatic heterocycles. The lowest BCUT2D eigenvalue weighted by Crippen LogP contribution is -2.30. The van der Waals surface area contributed by atoms with Gasteiger partial charge in [-0.05, 0) is 29.8 Å². The van der Waals surface area contributed by atoms with E-state index in [4.69, 9.17) is 9.88 Å². The topological polar surface area (TPSA) is 112 Å². The monoisotopic (exact) mass is 369 g/mol. The number of rotatable bonds is 5. The van der Waals surface area contributed by atoms with Crippen molar-refractivity contribution < 1.29 is 21.9 Å². The van der Waals surface area contributed by atoms with Crippen LogP contribution in [0.15, 0.2) is 30.3 Å². The minimum absolute atomic E-state index is 0.0684. The van der Waals surface area contributed by atoms with Crippen LogP contribution < -0.4 is 14.6 Å². The van der Waals surface area contributed by atoms with Gasteiger partial charge in [-0.25, -0.2) is 18.6 Å². The fourth-order valence-electron chi connectivity index (χ4n) is 2.30. The molecule has 0 spiro atoms. The summed E-state index contributed by atoms with van der Waals surface area (Å²) < 4.78 is 58.6. The number of nitrogens with zero attached hydrogens (tertiary/aromatic N) is 3. The van der Waals surface area contributed by atoms with E-state index in [2.05, 4.69) is 10.3 Å². The zero-order valence-electron chi connectivity index (χ0n) is 12.9. The van der Waals surface area contributed by atoms with Crippen LogP contribution in [0.3, 0.4) is 0 Å². The van der Waals surface area contributed by atoms with E-state index in [1.807, 2.05) is 4.72 Å². The lowest BCUT2D eigenvalue weighted by molar-refractivity contribution is 0.415. The third kappa shape index (κ3) is 3.57. The van der Waals surface area contributed by atoms with Crippen LogP contribution in [0, 0.1) is 11.6 Å². The zero-order chi connectivity index (χ0) is 18.2. The van der Waals surface area contributed by atoms with Crippen molar-refractivity contribution in [2.24, 2.45) is 5.14 Å². The first-order valence-electron chi connectivity index (χ1n) is 6.93. The van der Waals surface area contributed by atoms with Crippen molar-refractivity contribution in [3.63, 3.8) is 0 Å². The number of aromatic nitrogens is 3. The summed E-state index contributed by atoms with van der Waals surface area (Å²) in [7, 11) is -2.49. The van der Waals surface area contributed by atoms with Gasteiger partial charge in [0.2, 0.25) is 0 Å². The summed E-state index contributed by atoms with van der Waals surface area (Å²) in [5.41, 5.74) is 0.429. The summed E-state index contributed by atoms with van der Waals surface area (Å²) in [5.74, 6) is -1.31. The van der Waals surface area contributed by atoms with Crippen molar-refractivity contribution >= 4 is 21.2 Å². The summed E-state index contributed by atoms with van der Waals surface area (Å²) in [4.78, 5) is 0. The third-order valence-electron chi connectivity index (χ3n) is 3.42. The molecule has 0 fully saturated rings. The Bertz CT molecular complexity index is 1030. The molecule has 0 atom stereocenters. The van der Waals surface area contributed by atoms with Crippen LogP contribution in [-0.4, -0.2) is 30.5 Å². The van der Waals surface area contributed by atoms with Gasteiger partial charge in [0.05, 0.1) is 12.6 Å². The smallest absolute Gasteiger partial charge is 0.274 e. The van der Waals surface area contributed by atoms with Crippen LogP contribution >= 0.6 is 0 Å². The van der Waals surface area contributed by atoms with Crippen LogP contribution in [0.4, 0.5) is 8.78 Å². The van der Waals surface area contributed by atoms with Gasteiger partial charge in [-0.2, -0.15) is 13.1 Å². The molecule has 0 aliphatic rings. The molecule has 8 nitrogen and oxygen atoms in total. The molecule has 0 unspecified atom stereocenters. The van der Waals surface area contributed by atoms with Crippen LogP contribution in [0.1, 0.15) is 5.56 Å². The molecule has 0 bridgehead atoms. The first-order valence-corrected chi connectivity index (χ1v) is 8.48. The molecule has 0 radical (unpaired) electrons. The number of nitrogens with two attached hydrogens (primary N) is 1. The molecule has 1 heterocycles. The molecular weight excluding hydrogens is 356 g/mol. The summed E-state index contributed by atoms with van der Waals surface area (Å²) in [6.07, 6.45) is 0. The molecular formula is C14H13F2N5O3S. The Morgan fingerprint density at radius 2 is 1.92 bits per heavy atom. The van der Waals surface area contributed by atoms with Crippen LogP contribution in [0.5, 0.6) is 5.75 Å². The number of ether oxygens (including phenoxy) is 1. The molecule has 0 saturated heterocycles. The predicted molar refractivity (Wildman–Crippen MR) is 85.3 cm³/mol. The van der Waals surface area contributed by atoms with E-state index in [0.29, 0.717) is 16.8 Å². The summed E-state index contributed by atoms with van der Waals surface area (Å²) in [6, 6.07) is 6.76. The maximum atomic E-state index is 14.4. The van der Waals surface area contributed by atoms with E-state index in [1.165, 1.54) is 7.11 Å². The lowest BCUT2D eigenvalue weighted by Gasteiger charge is -2.09. The van der Waals surface area contributed by atoms with Crippen molar-refractivity contribution in [3.8, 4) is 11.4 Å². The number of halogens is 2. The maximum Gasteiger partial charge on any atom is 0.274 e. The average molecular weight is 369 g/mol. The van der Waals surface area contributed by atoms with E-state index in [0.717, 1.165) is 16.8 Å². The maximum absolute atomic E-state index is 14.4. The Kier molecular flexibility index (Phi) is 4.37. The van der Waals surface area contributed by atoms with Gasteiger partial charge in [0.15, 0.2) is 11.6 Å². The second kappa shape index (κ2) is 6.35. The Labute approximate surface area is 141 Å². The highest BCUT2D eigenvalue weighted by Gasteiger charge is 2.18. The van der Waals surface area contributed by atoms with Crippen LogP contribution in [0.25, 0.3) is 16.7 Å². The third-order valence-corrected chi connectivity index (χ3v) is 3.97. The van der Waals surface area contributed by atoms with E-state index in [-0.39, 0.29) is 12.1 Å². The minimum atomic E-state index is -3.97. The Hall–Kier alpha value is -2.63. The quantitative estimate of drug-likeness (QED) is 0.697. The van der Waals surface area contributed by atoms with Gasteiger partial charge in [0, 0.05) is 12.6 Å². The average Bonchev–Trinajstić information content (AvgIpc) is 2.94. The highest BCUT2D eigenvalue weighted by atomic mass is 32.2. The normalized spacial score (nSPS) is 11.8. The number of benzene rings is 2. The molecule has 0 saturated carbocycles. The molecule has 0 aliphatic heterocycles. The molecule has 11 heteroatoms. The summed E-state index contributed by atoms with van der Waals surface area (Å²) >= 11 is 0. The Balaban J connectivity index is 2.03. The fourth-order valence-corrected chi connectivity index (χ4v) is 2.67. The van der Waals surface area contributed by atoms with Crippen molar-refractivity contribution in [1.82, 2.24) is 19.7 Å². The second-order valence-corrected chi connectivity index (χ2v) is 6.51. The van der Waals surface area contributed by atoms with Crippen molar-refractivity contribution in [2.75, 3.05) is 7.11 Å². The van der Waals surface area contributed by atoms with Gasteiger partial charge in [-0.1, -0.05) is 5.21 Å². The van der Waals surface area contributed by atoms with Crippen molar-refractivity contribution in [3.05, 3.63) is 47.5 Å². The predicted octanol–water partition coefficient (Wildman–Crippen LogP) is 1.00. The van der Waals surface area contributed by atoms with Crippen molar-refractivity contribution in [2.45, 2.75) is 6.54 Å². The molecule has 3 rings (SSSR count). The largest absolute Gasteiger partial charge is 0.497 e. The minimum Gasteiger partial charge on any atom is -0.497 e. The van der Waals surface area contributed by atoms with Gasteiger partial charge < -0.3 is 4.74 Å². The first kappa shape index (κ1) is 17.2. The van der Waals surface area contributed by atoms with Crippen LogP contribution in [0.2, 0.25) is 0 Å². The van der Waals surface area contributed by atoms with E-state index >= 15 is 0 Å². The zero-order valence-corrected chi connectivity index (χ0v) is 13.7. The highest BCUT2D eigenvalue weighted by molar-refractivity contribution is 7.87. The Morgan fingerprint density at radius 1 is 1.24 bits per heavy atom. The number of hydrogen-bond acceptors (Lipinski definition) is 5. The number of hydrogen-bond donors (Lipinski definition) is 2. The standard InChI is InChI=1S/C14H13F2N5O3S/c1-24-9-2-3-13-12(6-9)19-20-21(13)14-10(15)4-8(5-11(14)16)7-18-25(17,22)23/h2-6,18H,7H2,1H3,(H2,17,22,23). The molecule has 132 valence electrons. The van der Waals surface area contributed by atoms with Gasteiger partial charge in [-0.3, -0.25) is 0 Å². The van der Waals surface area contributed by atoms with Gasteiger partial charge in [0.25, 0.3) is 10.2 Å². The number of methoxy groups -OCH3 is 1. The van der Waals surface area contributed by atoms with Crippen LogP contribution in [-0.2, 0) is 16.8 Å². The summed E-state index contributed by atoms with van der Waals surface area (Å²) in [5, 5.41) is 12.4. The highest BCUT2D eigenvalue weighted by Crippen LogP contribution is 2.25. The lowest BCUT2D eigenvalue weighted by atomic mass is 10.2. The molecule has 0 amide bonds. The van der Waals surface area contributed by atoms with E-state index in [9.17, 15) is 17.2 Å². The molecule has 2 aromatic carbocycles. The second-order valence-electron chi connectivity index (χ2n) is 5.13. The van der Waals surface area contributed by atoms with Gasteiger partial charge in [0.1, 0.15) is 17.0 Å². The number of nitrogens with one attached hydrogen (secondary N) is 1. The van der Waals surface area contributed by atoms with Gasteiger partial charge in [-0.15, -0.1) is 5.10 Å². The SMILES string of the molecule is COc1ccc2c(c1)nnn2-c1c(F)cc(CNS(N)(=O)=O)cc1F. The first-order chi connectivity index (χ1) is 11.8. The molecule has 3 aromatic rings. The number of fused-ring (bicyclic) bond motifs is 1. The van der Waals surface area contributed by atoms with Gasteiger partial charge >= 0.3 is 0 Å². The van der Waals surface area contributed by atoms with Crippen molar-refractivity contribution in [1.29, 1.82) is 0 Å². The summed E-state index contributed by atoms with van der Waals surface area (Å²) in [6.45, 7) is -0.345. The van der Waals surface area contributed by atoms with E-state index < -0.39 is 27.5 Å². The molecule has 3 N–H and O–H groups in total. The van der Waals surface area contributed by atoms with E-state index in [1.54, 1.807) is 18.2 Å². The fraction of sp³-hybridized carbons (Fsp3) is 0.143.